The highest BCUT2D eigenvalue weighted by atomic mass is 16.6. The number of para-hydroxylation sites is 1. The van der Waals surface area contributed by atoms with Crippen LogP contribution in [0.4, 0.5) is 11.4 Å². The maximum Gasteiger partial charge on any atom is 0.360 e. The molecular weight excluding hydrogens is 386 g/mol. The second-order valence-electron chi connectivity index (χ2n) is 7.66. The van der Waals surface area contributed by atoms with Crippen molar-refractivity contribution in [2.24, 2.45) is 0 Å². The Labute approximate surface area is 171 Å². The first-order valence-electron chi connectivity index (χ1n) is 9.89. The zero-order chi connectivity index (χ0) is 20.8. The molecule has 0 saturated carbocycles. The summed E-state index contributed by atoms with van der Waals surface area (Å²) in [6, 6.07) is 13.1. The number of non-ortho nitro benzene ring substituents is 1. The van der Waals surface area contributed by atoms with E-state index >= 15 is 0 Å². The van der Waals surface area contributed by atoms with Gasteiger partial charge in [0, 0.05) is 36.0 Å². The Bertz CT molecular complexity index is 1220. The standard InChI is InChI=1S/C22H19N3O5/c26-19-6-3-11-24(19)17-12-16(13-7-9-14(10-8-13)25(28)29)23-21-20(17)15-4-1-2-5-18(15)30-22(21)27/h1-2,4-5,7-10,16-17,23H,3,6,11-12H2/t16-,17+/m1/s1. The first-order valence-corrected chi connectivity index (χ1v) is 9.89. The second-order valence-corrected chi connectivity index (χ2v) is 7.66. The minimum atomic E-state index is -0.480. The fraction of sp³-hybridized carbons (Fsp3) is 0.273. The van der Waals surface area contributed by atoms with E-state index in [1.165, 1.54) is 12.1 Å². The zero-order valence-corrected chi connectivity index (χ0v) is 16.0. The van der Waals surface area contributed by atoms with Crippen LogP contribution < -0.4 is 10.9 Å². The van der Waals surface area contributed by atoms with E-state index in [1.807, 2.05) is 23.1 Å². The minimum absolute atomic E-state index is 0.00624. The Morgan fingerprint density at radius 1 is 1.10 bits per heavy atom. The molecule has 2 aliphatic heterocycles. The van der Waals surface area contributed by atoms with E-state index in [2.05, 4.69) is 5.32 Å². The normalized spacial score (nSPS) is 20.8. The van der Waals surface area contributed by atoms with Gasteiger partial charge in [-0.05, 0) is 24.5 Å². The van der Waals surface area contributed by atoms with E-state index in [0.29, 0.717) is 30.7 Å². The number of carbonyl (C=O) groups excluding carboxylic acids is 1. The summed E-state index contributed by atoms with van der Waals surface area (Å²) < 4.78 is 5.52. The molecule has 3 heterocycles. The number of nitro groups is 1. The van der Waals surface area contributed by atoms with Crippen LogP contribution in [0.5, 0.6) is 0 Å². The van der Waals surface area contributed by atoms with E-state index in [4.69, 9.17) is 4.42 Å². The Hall–Kier alpha value is -3.68. The predicted octanol–water partition coefficient (Wildman–Crippen LogP) is 3.92. The summed E-state index contributed by atoms with van der Waals surface area (Å²) in [7, 11) is 0. The second kappa shape index (κ2) is 6.98. The van der Waals surface area contributed by atoms with Gasteiger partial charge in [-0.3, -0.25) is 14.9 Å². The van der Waals surface area contributed by atoms with Crippen LogP contribution in [0.15, 0.2) is 57.7 Å². The summed E-state index contributed by atoms with van der Waals surface area (Å²) in [5.41, 5.74) is 1.98. The molecule has 152 valence electrons. The van der Waals surface area contributed by atoms with Gasteiger partial charge in [-0.15, -0.1) is 0 Å². The average Bonchev–Trinajstić information content (AvgIpc) is 3.19. The van der Waals surface area contributed by atoms with Gasteiger partial charge < -0.3 is 14.6 Å². The van der Waals surface area contributed by atoms with E-state index < -0.39 is 10.5 Å². The molecule has 5 rings (SSSR count). The number of nitro benzene ring substituents is 1. The largest absolute Gasteiger partial charge is 0.421 e. The van der Waals surface area contributed by atoms with Crippen molar-refractivity contribution >= 4 is 28.3 Å². The highest BCUT2D eigenvalue weighted by Crippen LogP contribution is 2.45. The van der Waals surface area contributed by atoms with Gasteiger partial charge in [0.25, 0.3) is 5.69 Å². The number of amides is 1. The monoisotopic (exact) mass is 405 g/mol. The average molecular weight is 405 g/mol. The summed E-state index contributed by atoms with van der Waals surface area (Å²) in [5, 5.41) is 15.1. The quantitative estimate of drug-likeness (QED) is 0.402. The van der Waals surface area contributed by atoms with Gasteiger partial charge in [0.15, 0.2) is 0 Å². The van der Waals surface area contributed by atoms with Crippen LogP contribution in [0.2, 0.25) is 0 Å². The van der Waals surface area contributed by atoms with E-state index in [9.17, 15) is 19.7 Å². The molecule has 30 heavy (non-hydrogen) atoms. The highest BCUT2D eigenvalue weighted by molar-refractivity contribution is 5.87. The van der Waals surface area contributed by atoms with E-state index in [0.717, 1.165) is 22.9 Å². The number of hydrogen-bond donors (Lipinski definition) is 1. The molecule has 0 unspecified atom stereocenters. The maximum absolute atomic E-state index is 12.8. The van der Waals surface area contributed by atoms with Gasteiger partial charge in [0.2, 0.25) is 5.91 Å². The van der Waals surface area contributed by atoms with Gasteiger partial charge in [0.05, 0.1) is 17.0 Å². The molecule has 1 N–H and O–H groups in total. The van der Waals surface area contributed by atoms with Gasteiger partial charge in [-0.2, -0.15) is 0 Å². The van der Waals surface area contributed by atoms with Crippen molar-refractivity contribution in [2.75, 3.05) is 11.9 Å². The minimum Gasteiger partial charge on any atom is -0.421 e. The first-order chi connectivity index (χ1) is 14.5. The van der Waals surface area contributed by atoms with Crippen LogP contribution in [0.3, 0.4) is 0 Å². The molecule has 2 aliphatic rings. The third-order valence-corrected chi connectivity index (χ3v) is 5.96. The molecule has 2 atom stereocenters. The number of nitrogens with one attached hydrogen (secondary N) is 1. The Morgan fingerprint density at radius 3 is 2.57 bits per heavy atom. The van der Waals surface area contributed by atoms with Crippen LogP contribution in [-0.4, -0.2) is 22.3 Å². The number of benzene rings is 2. The van der Waals surface area contributed by atoms with Crippen LogP contribution in [-0.2, 0) is 4.79 Å². The van der Waals surface area contributed by atoms with Crippen LogP contribution in [0, 0.1) is 10.1 Å². The zero-order valence-electron chi connectivity index (χ0n) is 16.0. The van der Waals surface area contributed by atoms with Crippen molar-refractivity contribution in [3.05, 3.63) is 80.2 Å². The summed E-state index contributed by atoms with van der Waals surface area (Å²) >= 11 is 0. The number of rotatable bonds is 3. The summed E-state index contributed by atoms with van der Waals surface area (Å²) in [6.45, 7) is 0.643. The molecule has 8 nitrogen and oxygen atoms in total. The molecule has 3 aromatic rings. The number of carbonyl (C=O) groups is 1. The number of fused-ring (bicyclic) bond motifs is 3. The third kappa shape index (κ3) is 2.92. The summed E-state index contributed by atoms with van der Waals surface area (Å²) in [5.74, 6) is 0.0765. The Morgan fingerprint density at radius 2 is 1.87 bits per heavy atom. The Balaban J connectivity index is 1.65. The molecule has 2 aromatic carbocycles. The Kier molecular flexibility index (Phi) is 4.27. The number of anilines is 1. The molecule has 1 amide bonds. The van der Waals surface area contributed by atoms with Crippen molar-refractivity contribution in [2.45, 2.75) is 31.3 Å². The molecule has 0 spiro atoms. The molecule has 1 saturated heterocycles. The number of likely N-dealkylation sites (tertiary alicyclic amines) is 1. The van der Waals surface area contributed by atoms with Crippen molar-refractivity contribution < 1.29 is 14.1 Å². The lowest BCUT2D eigenvalue weighted by Gasteiger charge is -2.38. The lowest BCUT2D eigenvalue weighted by Crippen LogP contribution is -2.37. The van der Waals surface area contributed by atoms with Crippen molar-refractivity contribution in [1.29, 1.82) is 0 Å². The fourth-order valence-electron chi connectivity index (χ4n) is 4.56. The lowest BCUT2D eigenvalue weighted by molar-refractivity contribution is -0.384. The highest BCUT2D eigenvalue weighted by Gasteiger charge is 2.38. The van der Waals surface area contributed by atoms with E-state index in [-0.39, 0.29) is 23.7 Å². The van der Waals surface area contributed by atoms with Crippen molar-refractivity contribution in [1.82, 2.24) is 4.90 Å². The molecular formula is C22H19N3O5. The third-order valence-electron chi connectivity index (χ3n) is 5.96. The van der Waals surface area contributed by atoms with Gasteiger partial charge in [0.1, 0.15) is 11.3 Å². The van der Waals surface area contributed by atoms with Crippen LogP contribution >= 0.6 is 0 Å². The van der Waals surface area contributed by atoms with Crippen LogP contribution in [0.1, 0.15) is 42.5 Å². The predicted molar refractivity (Wildman–Crippen MR) is 110 cm³/mol. The van der Waals surface area contributed by atoms with Gasteiger partial charge >= 0.3 is 5.63 Å². The molecule has 0 aliphatic carbocycles. The SMILES string of the molecule is O=C1CCCN1[C@H]1C[C@H](c2ccc([N+](=O)[O-])cc2)Nc2c1c1ccccc1oc2=O. The van der Waals surface area contributed by atoms with Crippen molar-refractivity contribution in [3.8, 4) is 0 Å². The number of hydrogen-bond acceptors (Lipinski definition) is 6. The molecule has 1 fully saturated rings. The van der Waals surface area contributed by atoms with E-state index in [1.54, 1.807) is 18.2 Å². The topological polar surface area (TPSA) is 106 Å². The van der Waals surface area contributed by atoms with Gasteiger partial charge in [-0.1, -0.05) is 30.3 Å². The molecule has 0 radical (unpaired) electrons. The number of nitrogens with zero attached hydrogens (tertiary/aromatic N) is 2. The van der Waals surface area contributed by atoms with Crippen molar-refractivity contribution in [3.63, 3.8) is 0 Å². The smallest absolute Gasteiger partial charge is 0.360 e. The van der Waals surface area contributed by atoms with Crippen LogP contribution in [0.25, 0.3) is 11.0 Å². The molecule has 0 bridgehead atoms. The maximum atomic E-state index is 12.8. The molecule has 8 heteroatoms. The molecule has 1 aromatic heterocycles. The summed E-state index contributed by atoms with van der Waals surface area (Å²) in [6.07, 6.45) is 1.85. The first kappa shape index (κ1) is 18.4. The summed E-state index contributed by atoms with van der Waals surface area (Å²) in [4.78, 5) is 37.8. The lowest BCUT2D eigenvalue weighted by atomic mass is 9.87. The fourth-order valence-corrected chi connectivity index (χ4v) is 4.56. The van der Waals surface area contributed by atoms with Gasteiger partial charge in [-0.25, -0.2) is 4.79 Å².